The normalized spacial score (nSPS) is 42.8. The molecule has 0 saturated heterocycles. The van der Waals surface area contributed by atoms with Crippen LogP contribution in [0.4, 0.5) is 0 Å². The Morgan fingerprint density at radius 3 is 0.849 bits per heavy atom. The Morgan fingerprint density at radius 2 is 0.547 bits per heavy atom. The molecule has 0 aromatic carbocycles. The second-order valence-corrected chi connectivity index (χ2v) is 22.7. The molecule has 53 heavy (non-hydrogen) atoms. The molecule has 0 aromatic heterocycles. The smallest absolute Gasteiger partial charge is 0.0101 e. The first-order chi connectivity index (χ1) is 26.0. The average molecular weight is 729 g/mol. The first kappa shape index (κ1) is 38.4. The summed E-state index contributed by atoms with van der Waals surface area (Å²) in [6, 6.07) is 5.58. The minimum atomic E-state index is 0.582. The molecule has 2 heteroatoms. The zero-order valence-corrected chi connectivity index (χ0v) is 35.5. The van der Waals surface area contributed by atoms with Crippen molar-refractivity contribution < 1.29 is 0 Å². The van der Waals surface area contributed by atoms with Crippen molar-refractivity contribution in [3.63, 3.8) is 0 Å². The van der Waals surface area contributed by atoms with Crippen LogP contribution in [0.2, 0.25) is 0 Å². The van der Waals surface area contributed by atoms with Crippen LogP contribution in [-0.2, 0) is 0 Å². The average Bonchev–Trinajstić information content (AvgIpc) is 3.45. The summed E-state index contributed by atoms with van der Waals surface area (Å²) in [5.41, 5.74) is 0.582. The molecule has 302 valence electrons. The number of rotatable bonds is 8. The Morgan fingerprint density at radius 1 is 0.283 bits per heavy atom. The third-order valence-electron chi connectivity index (χ3n) is 20.0. The van der Waals surface area contributed by atoms with Crippen LogP contribution in [-0.4, -0.2) is 46.1 Å². The van der Waals surface area contributed by atoms with Crippen molar-refractivity contribution in [2.24, 2.45) is 52.8 Å². The van der Waals surface area contributed by atoms with Crippen molar-refractivity contribution in [3.05, 3.63) is 0 Å². The molecule has 9 saturated carbocycles. The van der Waals surface area contributed by atoms with E-state index in [1.807, 2.05) is 0 Å². The van der Waals surface area contributed by atoms with Gasteiger partial charge in [-0.15, -0.1) is 0 Å². The zero-order chi connectivity index (χ0) is 35.8. The van der Waals surface area contributed by atoms with E-state index in [1.54, 1.807) is 89.9 Å². The van der Waals surface area contributed by atoms with Crippen molar-refractivity contribution in [2.45, 2.75) is 268 Å². The van der Waals surface area contributed by atoms with Crippen molar-refractivity contribution in [1.82, 2.24) is 9.80 Å². The van der Waals surface area contributed by atoms with E-state index in [0.717, 1.165) is 83.6 Å². The predicted octanol–water partition coefficient (Wildman–Crippen LogP) is 14.1. The van der Waals surface area contributed by atoms with E-state index >= 15 is 0 Å². The molecule has 9 rings (SSSR count). The van der Waals surface area contributed by atoms with Gasteiger partial charge in [-0.05, 0) is 194 Å². The van der Waals surface area contributed by atoms with Crippen LogP contribution in [0.3, 0.4) is 0 Å². The Balaban J connectivity index is 0.791. The molecule has 9 aliphatic rings. The maximum atomic E-state index is 3.22. The van der Waals surface area contributed by atoms with E-state index in [0.29, 0.717) is 5.41 Å². The maximum absolute atomic E-state index is 3.22. The molecule has 6 unspecified atom stereocenters. The molecule has 0 aliphatic heterocycles. The van der Waals surface area contributed by atoms with Gasteiger partial charge in [0.1, 0.15) is 0 Å². The lowest BCUT2D eigenvalue weighted by Gasteiger charge is -2.50. The van der Waals surface area contributed by atoms with Crippen LogP contribution in [0, 0.1) is 52.8 Å². The summed E-state index contributed by atoms with van der Waals surface area (Å²) in [5, 5.41) is 0. The monoisotopic (exact) mass is 729 g/mol. The van der Waals surface area contributed by atoms with Crippen LogP contribution in [0.15, 0.2) is 0 Å². The minimum absolute atomic E-state index is 0.582. The van der Waals surface area contributed by atoms with Gasteiger partial charge in [0.15, 0.2) is 0 Å². The number of nitrogens with zero attached hydrogens (tertiary/aromatic N) is 2. The number of hydrogen-bond acceptors (Lipinski definition) is 2. The third-order valence-corrected chi connectivity index (χ3v) is 20.0. The molecule has 0 bridgehead atoms. The lowest BCUT2D eigenvalue weighted by molar-refractivity contribution is 0.000879. The lowest BCUT2D eigenvalue weighted by Crippen LogP contribution is -2.52. The number of hydrogen-bond donors (Lipinski definition) is 0. The summed E-state index contributed by atoms with van der Waals surface area (Å²) in [6.45, 7) is 5.62. The largest absolute Gasteiger partial charge is 0.294 e. The summed E-state index contributed by atoms with van der Waals surface area (Å²) in [6.07, 6.45) is 52.3. The van der Waals surface area contributed by atoms with Crippen LogP contribution in [0.5, 0.6) is 0 Å². The van der Waals surface area contributed by atoms with Gasteiger partial charge in [0.25, 0.3) is 0 Å². The molecule has 0 aromatic rings. The molecule has 0 heterocycles. The predicted molar refractivity (Wildman–Crippen MR) is 225 cm³/mol. The summed E-state index contributed by atoms with van der Waals surface area (Å²) in [7, 11) is 0. The zero-order valence-electron chi connectivity index (χ0n) is 35.5. The fraction of sp³-hybridized carbons (Fsp3) is 1.00. The van der Waals surface area contributed by atoms with E-state index in [2.05, 4.69) is 23.6 Å². The fourth-order valence-electron chi connectivity index (χ4n) is 17.4. The number of fused-ring (bicyclic) bond motifs is 3. The van der Waals surface area contributed by atoms with E-state index in [1.165, 1.54) is 128 Å². The minimum Gasteiger partial charge on any atom is -0.294 e. The Hall–Kier alpha value is -0.0800. The highest BCUT2D eigenvalue weighted by Crippen LogP contribution is 2.66. The van der Waals surface area contributed by atoms with Gasteiger partial charge in [0, 0.05) is 36.3 Å². The van der Waals surface area contributed by atoms with Gasteiger partial charge < -0.3 is 0 Å². The van der Waals surface area contributed by atoms with Gasteiger partial charge >= 0.3 is 0 Å². The van der Waals surface area contributed by atoms with Gasteiger partial charge in [-0.2, -0.15) is 0 Å². The summed E-state index contributed by atoms with van der Waals surface area (Å²) < 4.78 is 0. The quantitative estimate of drug-likeness (QED) is 0.245. The summed E-state index contributed by atoms with van der Waals surface area (Å²) in [5.74, 6) is 8.42. The van der Waals surface area contributed by atoms with E-state index < -0.39 is 0 Å². The van der Waals surface area contributed by atoms with Crippen molar-refractivity contribution in [3.8, 4) is 0 Å². The van der Waals surface area contributed by atoms with Crippen LogP contribution < -0.4 is 0 Å². The van der Waals surface area contributed by atoms with Crippen molar-refractivity contribution >= 4 is 0 Å². The molecule has 0 radical (unpaired) electrons. The Bertz CT molecular complexity index is 983. The maximum Gasteiger partial charge on any atom is 0.0101 e. The molecule has 2 nitrogen and oxygen atoms in total. The standard InChI is InChI=1S/C51H88N2/c1-51(2)49-35-39(37-23-29-45(30-24-37)52(41-15-7-3-8-16-41)42-17-9-4-10-18-42)27-33-47(49)48-34-28-40(36-50(48)51)38-25-31-46(32-26-38)53(43-19-11-5-12-20-43)44-21-13-6-14-22-44/h37-50H,3-36H2,1-2H3. The van der Waals surface area contributed by atoms with Crippen molar-refractivity contribution in [2.75, 3.05) is 0 Å². The molecule has 0 N–H and O–H groups in total. The second kappa shape index (κ2) is 17.4. The van der Waals surface area contributed by atoms with Crippen LogP contribution in [0.25, 0.3) is 0 Å². The molecule has 9 fully saturated rings. The molecule has 9 aliphatic carbocycles. The van der Waals surface area contributed by atoms with Gasteiger partial charge in [-0.1, -0.05) is 90.9 Å². The fourth-order valence-corrected chi connectivity index (χ4v) is 17.4. The highest BCUT2D eigenvalue weighted by atomic mass is 15.2. The molecule has 0 amide bonds. The van der Waals surface area contributed by atoms with Crippen molar-refractivity contribution in [1.29, 1.82) is 0 Å². The highest BCUT2D eigenvalue weighted by Gasteiger charge is 2.58. The summed E-state index contributed by atoms with van der Waals surface area (Å²) in [4.78, 5) is 6.45. The van der Waals surface area contributed by atoms with Gasteiger partial charge in [0.2, 0.25) is 0 Å². The van der Waals surface area contributed by atoms with E-state index in [9.17, 15) is 0 Å². The Labute approximate surface area is 329 Å². The molecule has 6 atom stereocenters. The summed E-state index contributed by atoms with van der Waals surface area (Å²) >= 11 is 0. The molecular formula is C51H88N2. The topological polar surface area (TPSA) is 6.48 Å². The third kappa shape index (κ3) is 8.16. The SMILES string of the molecule is CC1(C)C2CC(C3CCC(N(C4CCCCC4)C4CCCCC4)CC3)CCC2C2CCC(C3CCC(N(C4CCCCC4)C4CCCCC4)CC3)CC21. The van der Waals surface area contributed by atoms with Crippen LogP contribution >= 0.6 is 0 Å². The Kier molecular flexibility index (Phi) is 12.6. The first-order valence-electron chi connectivity index (χ1n) is 25.6. The van der Waals surface area contributed by atoms with Gasteiger partial charge in [-0.25, -0.2) is 0 Å². The highest BCUT2D eigenvalue weighted by molar-refractivity contribution is 5.08. The lowest BCUT2D eigenvalue weighted by atomic mass is 9.61. The van der Waals surface area contributed by atoms with E-state index in [-0.39, 0.29) is 0 Å². The molecule has 0 spiro atoms. The van der Waals surface area contributed by atoms with Gasteiger partial charge in [-0.3, -0.25) is 9.80 Å². The second-order valence-electron chi connectivity index (χ2n) is 22.7. The van der Waals surface area contributed by atoms with E-state index in [4.69, 9.17) is 0 Å². The van der Waals surface area contributed by atoms with Crippen LogP contribution in [0.1, 0.15) is 232 Å². The van der Waals surface area contributed by atoms with Gasteiger partial charge in [0.05, 0.1) is 0 Å². The molecular weight excluding hydrogens is 641 g/mol. The first-order valence-corrected chi connectivity index (χ1v) is 25.6.